The Labute approximate surface area is 229 Å². The van der Waals surface area contributed by atoms with E-state index in [9.17, 15) is 34.8 Å². The smallest absolute Gasteiger partial charge is 0.406 e. The van der Waals surface area contributed by atoms with Gasteiger partial charge in [0.1, 0.15) is 11.5 Å². The van der Waals surface area contributed by atoms with E-state index in [-0.39, 0.29) is 16.4 Å². The molecule has 40 heavy (non-hydrogen) atoms. The van der Waals surface area contributed by atoms with Gasteiger partial charge in [0.25, 0.3) is 0 Å². The van der Waals surface area contributed by atoms with Crippen LogP contribution in [-0.4, -0.2) is 31.1 Å². The Balaban J connectivity index is 0.000000222. The van der Waals surface area contributed by atoms with Gasteiger partial charge in [-0.2, -0.15) is 0 Å². The summed E-state index contributed by atoms with van der Waals surface area (Å²) in [6, 6.07) is 16.8. The van der Waals surface area contributed by atoms with Gasteiger partial charge in [0.15, 0.2) is 9.84 Å². The molecule has 2 aromatic carbocycles. The summed E-state index contributed by atoms with van der Waals surface area (Å²) in [4.78, 5) is 8.50. The average Bonchev–Trinajstić information content (AvgIpc) is 2.88. The molecule has 0 atom stereocenters. The molecule has 2 heterocycles. The first kappa shape index (κ1) is 30.8. The second-order valence-corrected chi connectivity index (χ2v) is 10.8. The number of nitrogens with zero attached hydrogens (tertiary/aromatic N) is 2. The highest BCUT2D eigenvalue weighted by molar-refractivity contribution is 7.98. The molecule has 0 bridgehead atoms. The molecule has 0 radical (unpaired) electrons. The van der Waals surface area contributed by atoms with E-state index in [0.29, 0.717) is 5.56 Å². The predicted octanol–water partition coefficient (Wildman–Crippen LogP) is 7.23. The monoisotopic (exact) mass is 602 g/mol. The van der Waals surface area contributed by atoms with Gasteiger partial charge < -0.3 is 9.47 Å². The first-order chi connectivity index (χ1) is 18.8. The number of hydrogen-bond acceptors (Lipinski definition) is 7. The van der Waals surface area contributed by atoms with Gasteiger partial charge in [-0.25, -0.2) is 8.42 Å². The lowest BCUT2D eigenvalue weighted by atomic mass is 10.3. The van der Waals surface area contributed by atoms with E-state index in [1.807, 2.05) is 12.1 Å². The quantitative estimate of drug-likeness (QED) is 0.156. The fraction of sp³-hybridized carbons (Fsp3) is 0.154. The van der Waals surface area contributed by atoms with Crippen molar-refractivity contribution < 1.29 is 44.2 Å². The van der Waals surface area contributed by atoms with Crippen molar-refractivity contribution in [2.24, 2.45) is 0 Å². The summed E-state index contributed by atoms with van der Waals surface area (Å²) >= 11 is 1.54. The Bertz CT molecular complexity index is 1440. The Hall–Kier alpha value is -3.78. The zero-order valence-electron chi connectivity index (χ0n) is 20.3. The van der Waals surface area contributed by atoms with Gasteiger partial charge >= 0.3 is 12.7 Å². The van der Waals surface area contributed by atoms with Gasteiger partial charge in [0, 0.05) is 35.4 Å². The molecule has 0 unspecified atom stereocenters. The van der Waals surface area contributed by atoms with E-state index in [1.165, 1.54) is 36.3 Å². The van der Waals surface area contributed by atoms with Crippen LogP contribution < -0.4 is 9.47 Å². The molecule has 0 saturated heterocycles. The molecule has 0 aliphatic heterocycles. The third-order valence-corrected chi connectivity index (χ3v) is 7.52. The number of ether oxygens (including phenoxy) is 2. The fourth-order valence-electron chi connectivity index (χ4n) is 3.01. The van der Waals surface area contributed by atoms with Crippen molar-refractivity contribution in [2.75, 3.05) is 0 Å². The van der Waals surface area contributed by atoms with Crippen molar-refractivity contribution >= 4 is 21.6 Å². The minimum atomic E-state index is -4.81. The summed E-state index contributed by atoms with van der Waals surface area (Å²) in [6.07, 6.45) is -3.12. The third-order valence-electron chi connectivity index (χ3n) is 4.73. The van der Waals surface area contributed by atoms with E-state index < -0.39 is 28.3 Å². The molecule has 4 rings (SSSR count). The molecule has 14 heteroatoms. The van der Waals surface area contributed by atoms with Crippen LogP contribution in [0.4, 0.5) is 26.3 Å². The lowest BCUT2D eigenvalue weighted by Crippen LogP contribution is -2.17. The highest BCUT2D eigenvalue weighted by Gasteiger charge is 2.31. The molecular formula is C26H20F6N2O4S2. The van der Waals surface area contributed by atoms with Crippen molar-refractivity contribution in [1.82, 2.24) is 9.97 Å². The number of rotatable bonds is 8. The Morgan fingerprint density at radius 1 is 0.625 bits per heavy atom. The van der Waals surface area contributed by atoms with Gasteiger partial charge in [-0.15, -0.1) is 38.1 Å². The predicted molar refractivity (Wildman–Crippen MR) is 135 cm³/mol. The maximum absolute atomic E-state index is 12.1. The number of pyridine rings is 2. The van der Waals surface area contributed by atoms with Crippen LogP contribution in [0.5, 0.6) is 11.5 Å². The molecule has 212 valence electrons. The highest BCUT2D eigenvalue weighted by Crippen LogP contribution is 2.28. The Kier molecular flexibility index (Phi) is 10.4. The summed E-state index contributed by atoms with van der Waals surface area (Å²) in [5.74, 6) is -0.192. The molecule has 0 aliphatic carbocycles. The maximum atomic E-state index is 12.1. The van der Waals surface area contributed by atoms with Crippen LogP contribution >= 0.6 is 11.8 Å². The first-order valence-corrected chi connectivity index (χ1v) is 13.8. The summed E-state index contributed by atoms with van der Waals surface area (Å²) in [7, 11) is -3.64. The topological polar surface area (TPSA) is 78.4 Å². The van der Waals surface area contributed by atoms with Crippen molar-refractivity contribution in [3.8, 4) is 11.5 Å². The van der Waals surface area contributed by atoms with Crippen LogP contribution in [0.2, 0.25) is 0 Å². The third kappa shape index (κ3) is 11.1. The van der Waals surface area contributed by atoms with Gasteiger partial charge in [-0.05, 0) is 83.9 Å². The van der Waals surface area contributed by atoms with Crippen LogP contribution in [0, 0.1) is 0 Å². The number of benzene rings is 2. The molecule has 0 saturated carbocycles. The molecule has 0 N–H and O–H groups in total. The van der Waals surface area contributed by atoms with Crippen LogP contribution in [0.3, 0.4) is 0 Å². The highest BCUT2D eigenvalue weighted by atomic mass is 32.2. The van der Waals surface area contributed by atoms with Crippen LogP contribution in [0.1, 0.15) is 11.1 Å². The second kappa shape index (κ2) is 13.5. The zero-order valence-corrected chi connectivity index (χ0v) is 21.9. The molecule has 2 aromatic heterocycles. The zero-order chi connectivity index (χ0) is 29.2. The number of sulfone groups is 1. The Morgan fingerprint density at radius 2 is 1.05 bits per heavy atom. The fourth-order valence-corrected chi connectivity index (χ4v) is 5.22. The lowest BCUT2D eigenvalue weighted by molar-refractivity contribution is -0.275. The number of alkyl halides is 6. The summed E-state index contributed by atoms with van der Waals surface area (Å²) in [5, 5.41) is 0. The van der Waals surface area contributed by atoms with Gasteiger partial charge in [0.05, 0.1) is 10.6 Å². The second-order valence-electron chi connectivity index (χ2n) is 7.80. The maximum Gasteiger partial charge on any atom is 0.573 e. The summed E-state index contributed by atoms with van der Waals surface area (Å²) < 4.78 is 104. The first-order valence-electron chi connectivity index (χ1n) is 11.1. The van der Waals surface area contributed by atoms with Crippen molar-refractivity contribution in [1.29, 1.82) is 0 Å². The normalized spacial score (nSPS) is 11.8. The minimum absolute atomic E-state index is 0.0752. The molecule has 0 aliphatic rings. The lowest BCUT2D eigenvalue weighted by Gasteiger charge is -2.09. The molecule has 0 fully saturated rings. The van der Waals surface area contributed by atoms with Gasteiger partial charge in [-0.3, -0.25) is 9.97 Å². The number of hydrogen-bond donors (Lipinski definition) is 0. The molecule has 0 amide bonds. The SMILES string of the molecule is FC(F)(F)Oc1ccc(SCc2ccncc2)cc1.O=S(=O)(Cc1ccncc1)c1ccc(OC(F)(F)F)cc1. The summed E-state index contributed by atoms with van der Waals surface area (Å²) in [5.41, 5.74) is 1.65. The Morgan fingerprint density at radius 3 is 1.50 bits per heavy atom. The molecular weight excluding hydrogens is 582 g/mol. The van der Waals surface area contributed by atoms with E-state index in [0.717, 1.165) is 40.5 Å². The van der Waals surface area contributed by atoms with E-state index in [4.69, 9.17) is 0 Å². The van der Waals surface area contributed by atoms with Crippen LogP contribution in [0.25, 0.3) is 0 Å². The van der Waals surface area contributed by atoms with Crippen molar-refractivity contribution in [3.63, 3.8) is 0 Å². The van der Waals surface area contributed by atoms with Crippen molar-refractivity contribution in [3.05, 3.63) is 109 Å². The van der Waals surface area contributed by atoms with E-state index in [1.54, 1.807) is 36.7 Å². The molecule has 0 spiro atoms. The minimum Gasteiger partial charge on any atom is -0.406 e. The summed E-state index contributed by atoms with van der Waals surface area (Å²) in [6.45, 7) is 0. The number of thioether (sulfide) groups is 1. The van der Waals surface area contributed by atoms with Gasteiger partial charge in [-0.1, -0.05) is 0 Å². The van der Waals surface area contributed by atoms with E-state index in [2.05, 4.69) is 19.4 Å². The molecule has 4 aromatic rings. The van der Waals surface area contributed by atoms with Crippen LogP contribution in [-0.2, 0) is 21.3 Å². The van der Waals surface area contributed by atoms with E-state index >= 15 is 0 Å². The number of aromatic nitrogens is 2. The largest absolute Gasteiger partial charge is 0.573 e. The molecule has 6 nitrogen and oxygen atoms in total. The number of halogens is 6. The standard InChI is InChI=1S/C13H10F3NO3S.C13H10F3NOS/c14-13(15,16)20-11-1-3-12(4-2-11)21(18,19)9-10-5-7-17-8-6-10;14-13(15,16)18-11-1-3-12(4-2-11)19-9-10-5-7-17-8-6-10/h1-8H,9H2;1-8H,9H2. The van der Waals surface area contributed by atoms with Gasteiger partial charge in [0.2, 0.25) is 0 Å². The average molecular weight is 603 g/mol. The van der Waals surface area contributed by atoms with Crippen molar-refractivity contribution in [2.45, 2.75) is 34.0 Å². The van der Waals surface area contributed by atoms with Crippen LogP contribution in [0.15, 0.2) is 107 Å².